The fraction of sp³-hybridized carbons (Fsp3) is 0.750. The van der Waals surface area contributed by atoms with Gasteiger partial charge in [0.1, 0.15) is 0 Å². The van der Waals surface area contributed by atoms with Crippen molar-refractivity contribution in [3.8, 4) is 0 Å². The first-order valence-corrected chi connectivity index (χ1v) is 6.90. The van der Waals surface area contributed by atoms with Crippen LogP contribution in [0.4, 0.5) is 0 Å². The fourth-order valence-electron chi connectivity index (χ4n) is 1.35. The van der Waals surface area contributed by atoms with E-state index >= 15 is 0 Å². The minimum absolute atomic E-state index is 0.864. The van der Waals surface area contributed by atoms with Crippen LogP contribution in [0.2, 0.25) is 0 Å². The first-order valence-electron chi connectivity index (χ1n) is 6.02. The third-order valence-corrected chi connectivity index (χ3v) is 3.08. The summed E-state index contributed by atoms with van der Waals surface area (Å²) in [6.45, 7) is 7.86. The number of ether oxygens (including phenoxy) is 1. The Hall–Kier alpha value is -0.450. The molecule has 1 aromatic rings. The molecule has 92 valence electrons. The minimum atomic E-state index is 0.864. The lowest BCUT2D eigenvalue weighted by molar-refractivity contribution is 0.128. The highest BCUT2D eigenvalue weighted by Gasteiger charge is 1.96. The second-order valence-electron chi connectivity index (χ2n) is 3.85. The van der Waals surface area contributed by atoms with Crippen LogP contribution in [-0.4, -0.2) is 24.7 Å². The molecule has 1 N–H and O–H groups in total. The summed E-state index contributed by atoms with van der Waals surface area (Å²) in [7, 11) is 0. The van der Waals surface area contributed by atoms with Gasteiger partial charge in [0, 0.05) is 25.1 Å². The number of aromatic nitrogens is 1. The van der Waals surface area contributed by atoms with Crippen LogP contribution in [0.1, 0.15) is 36.9 Å². The summed E-state index contributed by atoms with van der Waals surface area (Å²) >= 11 is 1.71. The number of thiazole rings is 1. The number of hydrogen-bond acceptors (Lipinski definition) is 4. The van der Waals surface area contributed by atoms with Crippen LogP contribution in [0.5, 0.6) is 0 Å². The number of aryl methyl sites for hydroxylation is 1. The Morgan fingerprint density at radius 2 is 2.19 bits per heavy atom. The van der Waals surface area contributed by atoms with E-state index in [4.69, 9.17) is 4.74 Å². The van der Waals surface area contributed by atoms with Crippen molar-refractivity contribution in [2.24, 2.45) is 0 Å². The van der Waals surface area contributed by atoms with Gasteiger partial charge in [-0.25, -0.2) is 4.98 Å². The molecule has 0 saturated carbocycles. The third-order valence-electron chi connectivity index (χ3n) is 2.26. The molecular weight excluding hydrogens is 220 g/mol. The van der Waals surface area contributed by atoms with Gasteiger partial charge in [-0.3, -0.25) is 0 Å². The van der Waals surface area contributed by atoms with Crippen LogP contribution in [-0.2, 0) is 11.3 Å². The van der Waals surface area contributed by atoms with E-state index in [-0.39, 0.29) is 0 Å². The quantitative estimate of drug-likeness (QED) is 0.676. The summed E-state index contributed by atoms with van der Waals surface area (Å²) in [6.07, 6.45) is 3.46. The maximum absolute atomic E-state index is 5.48. The summed E-state index contributed by atoms with van der Waals surface area (Å²) in [5.41, 5.74) is 1.15. The molecule has 0 aliphatic rings. The molecule has 4 heteroatoms. The topological polar surface area (TPSA) is 34.1 Å². The van der Waals surface area contributed by atoms with Crippen LogP contribution < -0.4 is 5.32 Å². The summed E-state index contributed by atoms with van der Waals surface area (Å²) in [5.74, 6) is 0. The van der Waals surface area contributed by atoms with Crippen molar-refractivity contribution < 1.29 is 4.74 Å². The minimum Gasteiger partial charge on any atom is -0.381 e. The van der Waals surface area contributed by atoms with Crippen LogP contribution in [0.25, 0.3) is 0 Å². The molecule has 0 aliphatic heterocycles. The smallest absolute Gasteiger partial charge is 0.0897 e. The average molecular weight is 242 g/mol. The van der Waals surface area contributed by atoms with Crippen molar-refractivity contribution >= 4 is 11.3 Å². The van der Waals surface area contributed by atoms with E-state index in [2.05, 4.69) is 22.6 Å². The zero-order valence-electron chi connectivity index (χ0n) is 10.3. The SMILES string of the molecule is CCCCOCCCNCc1csc(C)n1. The zero-order chi connectivity index (χ0) is 11.6. The molecule has 1 heterocycles. The summed E-state index contributed by atoms with van der Waals surface area (Å²) in [4.78, 5) is 4.39. The second-order valence-corrected chi connectivity index (χ2v) is 4.92. The molecule has 0 aromatic carbocycles. The van der Waals surface area contributed by atoms with Crippen molar-refractivity contribution in [1.29, 1.82) is 0 Å². The molecule has 0 amide bonds. The molecule has 0 saturated heterocycles. The van der Waals surface area contributed by atoms with E-state index < -0.39 is 0 Å². The molecule has 1 aromatic heterocycles. The summed E-state index contributed by atoms with van der Waals surface area (Å²) < 4.78 is 5.48. The molecule has 0 atom stereocenters. The molecule has 0 spiro atoms. The van der Waals surface area contributed by atoms with Gasteiger partial charge in [0.05, 0.1) is 10.7 Å². The van der Waals surface area contributed by atoms with Crippen molar-refractivity contribution in [3.63, 3.8) is 0 Å². The Morgan fingerprint density at radius 3 is 2.88 bits per heavy atom. The average Bonchev–Trinajstić information content (AvgIpc) is 2.68. The van der Waals surface area contributed by atoms with Gasteiger partial charge in [-0.15, -0.1) is 11.3 Å². The Labute approximate surface area is 102 Å². The Balaban J connectivity index is 1.88. The number of rotatable bonds is 9. The highest BCUT2D eigenvalue weighted by Crippen LogP contribution is 2.06. The van der Waals surface area contributed by atoms with E-state index in [1.165, 1.54) is 12.8 Å². The highest BCUT2D eigenvalue weighted by molar-refractivity contribution is 7.09. The van der Waals surface area contributed by atoms with Crippen LogP contribution >= 0.6 is 11.3 Å². The summed E-state index contributed by atoms with van der Waals surface area (Å²) in [6, 6.07) is 0. The maximum Gasteiger partial charge on any atom is 0.0897 e. The van der Waals surface area contributed by atoms with Crippen molar-refractivity contribution in [1.82, 2.24) is 10.3 Å². The van der Waals surface area contributed by atoms with Gasteiger partial charge < -0.3 is 10.1 Å². The molecule has 0 radical (unpaired) electrons. The molecular formula is C12H22N2OS. The van der Waals surface area contributed by atoms with Gasteiger partial charge in [0.2, 0.25) is 0 Å². The van der Waals surface area contributed by atoms with E-state index in [9.17, 15) is 0 Å². The van der Waals surface area contributed by atoms with Crippen molar-refractivity contribution in [3.05, 3.63) is 16.1 Å². The lowest BCUT2D eigenvalue weighted by atomic mass is 10.3. The summed E-state index contributed by atoms with van der Waals surface area (Å²) in [5, 5.41) is 6.62. The predicted molar refractivity (Wildman–Crippen MR) is 68.9 cm³/mol. The molecule has 3 nitrogen and oxygen atoms in total. The number of unbranched alkanes of at least 4 members (excludes halogenated alkanes) is 1. The first-order chi connectivity index (χ1) is 7.83. The predicted octanol–water partition coefficient (Wildman–Crippen LogP) is 2.75. The van der Waals surface area contributed by atoms with Crippen LogP contribution in [0, 0.1) is 6.92 Å². The lowest BCUT2D eigenvalue weighted by Crippen LogP contribution is -2.16. The Bertz CT molecular complexity index is 276. The van der Waals surface area contributed by atoms with E-state index in [0.29, 0.717) is 0 Å². The Morgan fingerprint density at radius 1 is 1.38 bits per heavy atom. The third kappa shape index (κ3) is 6.20. The molecule has 0 bridgehead atoms. The molecule has 0 aliphatic carbocycles. The van der Waals surface area contributed by atoms with Gasteiger partial charge in [0.25, 0.3) is 0 Å². The molecule has 0 unspecified atom stereocenters. The zero-order valence-corrected chi connectivity index (χ0v) is 11.1. The van der Waals surface area contributed by atoms with Crippen LogP contribution in [0.15, 0.2) is 5.38 Å². The van der Waals surface area contributed by atoms with Gasteiger partial charge in [-0.1, -0.05) is 13.3 Å². The number of nitrogens with one attached hydrogen (secondary N) is 1. The molecule has 16 heavy (non-hydrogen) atoms. The maximum atomic E-state index is 5.48. The monoisotopic (exact) mass is 242 g/mol. The van der Waals surface area contributed by atoms with E-state index in [1.807, 2.05) is 6.92 Å². The second kappa shape index (κ2) is 8.67. The van der Waals surface area contributed by atoms with Gasteiger partial charge >= 0.3 is 0 Å². The normalized spacial score (nSPS) is 10.9. The lowest BCUT2D eigenvalue weighted by Gasteiger charge is -2.04. The van der Waals surface area contributed by atoms with Crippen LogP contribution in [0.3, 0.4) is 0 Å². The van der Waals surface area contributed by atoms with E-state index in [0.717, 1.165) is 43.4 Å². The highest BCUT2D eigenvalue weighted by atomic mass is 32.1. The standard InChI is InChI=1S/C12H22N2OS/c1-3-4-7-15-8-5-6-13-9-12-10-16-11(2)14-12/h10,13H,3-9H2,1-2H3. The van der Waals surface area contributed by atoms with Gasteiger partial charge in [-0.05, 0) is 26.3 Å². The largest absolute Gasteiger partial charge is 0.381 e. The van der Waals surface area contributed by atoms with Gasteiger partial charge in [0.15, 0.2) is 0 Å². The van der Waals surface area contributed by atoms with E-state index in [1.54, 1.807) is 11.3 Å². The van der Waals surface area contributed by atoms with Crippen molar-refractivity contribution in [2.75, 3.05) is 19.8 Å². The van der Waals surface area contributed by atoms with Crippen molar-refractivity contribution in [2.45, 2.75) is 39.7 Å². The number of hydrogen-bond donors (Lipinski definition) is 1. The molecule has 1 rings (SSSR count). The number of nitrogens with zero attached hydrogens (tertiary/aromatic N) is 1. The first kappa shape index (κ1) is 13.6. The fourth-order valence-corrected chi connectivity index (χ4v) is 1.97. The molecule has 0 fully saturated rings. The van der Waals surface area contributed by atoms with Gasteiger partial charge in [-0.2, -0.15) is 0 Å². The Kier molecular flexibility index (Phi) is 7.38.